The van der Waals surface area contributed by atoms with E-state index in [0.717, 1.165) is 16.9 Å². The lowest BCUT2D eigenvalue weighted by Crippen LogP contribution is -2.40. The fraction of sp³-hybridized carbons (Fsp3) is 0.174. The van der Waals surface area contributed by atoms with Crippen LogP contribution >= 0.6 is 0 Å². The first-order chi connectivity index (χ1) is 13.7. The van der Waals surface area contributed by atoms with E-state index in [1.54, 1.807) is 25.3 Å². The summed E-state index contributed by atoms with van der Waals surface area (Å²) in [4.78, 5) is 14.1. The number of rotatable bonds is 3. The Labute approximate surface area is 165 Å². The van der Waals surface area contributed by atoms with Gasteiger partial charge in [-0.05, 0) is 29.3 Å². The molecule has 1 saturated heterocycles. The van der Waals surface area contributed by atoms with Gasteiger partial charge in [0.25, 0.3) is 0 Å². The Morgan fingerprint density at radius 3 is 2.29 bits per heavy atom. The number of Topliss-reactive ketones (excluding diaryl/α,β-unsaturated/α-hetero) is 1. The summed E-state index contributed by atoms with van der Waals surface area (Å²) in [5, 5.41) is -0.553. The van der Waals surface area contributed by atoms with Crippen LogP contribution in [0.4, 0.5) is 0 Å². The van der Waals surface area contributed by atoms with Crippen LogP contribution < -0.4 is 4.74 Å². The van der Waals surface area contributed by atoms with E-state index in [2.05, 4.69) is 0 Å². The standard InChI is InChI=1S/C23H18O4S/c1-26-17-13-11-15(12-14-17)21-23(27-21)20(24)18-9-5-6-10-19(18)28(25)22(23)16-7-3-2-4-8-16/h2-14,21-22H,1H3. The molecule has 0 N–H and O–H groups in total. The first kappa shape index (κ1) is 17.3. The van der Waals surface area contributed by atoms with Crippen molar-refractivity contribution in [2.24, 2.45) is 0 Å². The molecule has 0 aromatic heterocycles. The lowest BCUT2D eigenvalue weighted by molar-refractivity contribution is 0.0859. The second-order valence-corrected chi connectivity index (χ2v) is 8.48. The zero-order chi connectivity index (χ0) is 19.3. The Hall–Kier alpha value is -2.76. The Balaban J connectivity index is 1.66. The molecule has 2 aliphatic heterocycles. The van der Waals surface area contributed by atoms with E-state index in [4.69, 9.17) is 9.47 Å². The molecule has 0 amide bonds. The number of hydrogen-bond donors (Lipinski definition) is 0. The number of carbonyl (C=O) groups is 1. The Bertz CT molecular complexity index is 1080. The van der Waals surface area contributed by atoms with Gasteiger partial charge in [0, 0.05) is 5.56 Å². The highest BCUT2D eigenvalue weighted by Crippen LogP contribution is 2.63. The number of methoxy groups -OCH3 is 1. The summed E-state index contributed by atoms with van der Waals surface area (Å²) in [5.41, 5.74) is 1.07. The zero-order valence-electron chi connectivity index (χ0n) is 15.2. The molecule has 0 aliphatic carbocycles. The molecule has 5 heteroatoms. The molecule has 2 heterocycles. The van der Waals surface area contributed by atoms with E-state index in [-0.39, 0.29) is 5.78 Å². The van der Waals surface area contributed by atoms with Gasteiger partial charge >= 0.3 is 0 Å². The van der Waals surface area contributed by atoms with Gasteiger partial charge in [-0.1, -0.05) is 60.7 Å². The number of ether oxygens (including phenoxy) is 2. The fourth-order valence-electron chi connectivity index (χ4n) is 4.07. The predicted molar refractivity (Wildman–Crippen MR) is 106 cm³/mol. The molecule has 28 heavy (non-hydrogen) atoms. The van der Waals surface area contributed by atoms with Gasteiger partial charge in [-0.25, -0.2) is 0 Å². The summed E-state index contributed by atoms with van der Waals surface area (Å²) in [7, 11) is 0.209. The van der Waals surface area contributed by atoms with Gasteiger partial charge in [0.1, 0.15) is 17.1 Å². The topological polar surface area (TPSA) is 55.9 Å². The Morgan fingerprint density at radius 2 is 1.57 bits per heavy atom. The minimum absolute atomic E-state index is 0.0997. The van der Waals surface area contributed by atoms with Crippen LogP contribution in [0.15, 0.2) is 83.8 Å². The van der Waals surface area contributed by atoms with E-state index in [1.807, 2.05) is 60.7 Å². The summed E-state index contributed by atoms with van der Waals surface area (Å²) in [6, 6.07) is 24.2. The molecule has 4 nitrogen and oxygen atoms in total. The second-order valence-electron chi connectivity index (χ2n) is 6.98. The van der Waals surface area contributed by atoms with Crippen LogP contribution in [0.3, 0.4) is 0 Å². The Kier molecular flexibility index (Phi) is 3.96. The second kappa shape index (κ2) is 6.40. The van der Waals surface area contributed by atoms with Crippen molar-refractivity contribution in [3.63, 3.8) is 0 Å². The molecule has 4 unspecified atom stereocenters. The van der Waals surface area contributed by atoms with E-state index < -0.39 is 27.8 Å². The molecule has 4 atom stereocenters. The molecule has 0 saturated carbocycles. The highest BCUT2D eigenvalue weighted by Gasteiger charge is 2.71. The van der Waals surface area contributed by atoms with Crippen LogP contribution in [0.2, 0.25) is 0 Å². The van der Waals surface area contributed by atoms with Crippen LogP contribution in [-0.4, -0.2) is 22.7 Å². The SMILES string of the molecule is COc1ccc(C2OC23C(=O)c2ccccc2S(=O)C3c2ccccc2)cc1. The van der Waals surface area contributed by atoms with Crippen molar-refractivity contribution in [2.45, 2.75) is 21.9 Å². The summed E-state index contributed by atoms with van der Waals surface area (Å²) >= 11 is 0. The van der Waals surface area contributed by atoms with Crippen molar-refractivity contribution in [2.75, 3.05) is 7.11 Å². The highest BCUT2D eigenvalue weighted by atomic mass is 32.2. The summed E-state index contributed by atoms with van der Waals surface area (Å²) in [6.07, 6.45) is -0.437. The van der Waals surface area contributed by atoms with Crippen LogP contribution in [-0.2, 0) is 15.5 Å². The molecule has 1 spiro atoms. The number of fused-ring (bicyclic) bond motifs is 1. The maximum Gasteiger partial charge on any atom is 0.200 e. The largest absolute Gasteiger partial charge is 0.497 e. The van der Waals surface area contributed by atoms with Crippen molar-refractivity contribution in [3.05, 3.63) is 95.6 Å². The van der Waals surface area contributed by atoms with Crippen LogP contribution in [0, 0.1) is 0 Å². The highest BCUT2D eigenvalue weighted by molar-refractivity contribution is 7.85. The fourth-order valence-corrected chi connectivity index (χ4v) is 5.92. The molecule has 3 aromatic rings. The lowest BCUT2D eigenvalue weighted by Gasteiger charge is -2.30. The quantitative estimate of drug-likeness (QED) is 0.628. The molecule has 0 radical (unpaired) electrons. The molecule has 2 aliphatic rings. The number of epoxide rings is 1. The van der Waals surface area contributed by atoms with Crippen LogP contribution in [0.25, 0.3) is 0 Å². The van der Waals surface area contributed by atoms with Crippen molar-refractivity contribution in [1.29, 1.82) is 0 Å². The number of ketones is 1. The van der Waals surface area contributed by atoms with Crippen molar-refractivity contribution in [3.8, 4) is 5.75 Å². The smallest absolute Gasteiger partial charge is 0.200 e. The van der Waals surface area contributed by atoms with Gasteiger partial charge in [-0.15, -0.1) is 0 Å². The summed E-state index contributed by atoms with van der Waals surface area (Å²) < 4.78 is 24.9. The van der Waals surface area contributed by atoms with E-state index in [0.29, 0.717) is 10.5 Å². The average molecular weight is 390 g/mol. The van der Waals surface area contributed by atoms with E-state index in [9.17, 15) is 9.00 Å². The van der Waals surface area contributed by atoms with Gasteiger partial charge in [0.2, 0.25) is 5.78 Å². The van der Waals surface area contributed by atoms with E-state index >= 15 is 0 Å². The monoisotopic (exact) mass is 390 g/mol. The molecule has 1 fully saturated rings. The first-order valence-electron chi connectivity index (χ1n) is 9.08. The van der Waals surface area contributed by atoms with E-state index in [1.165, 1.54) is 0 Å². The van der Waals surface area contributed by atoms with Crippen molar-refractivity contribution >= 4 is 16.6 Å². The zero-order valence-corrected chi connectivity index (χ0v) is 16.0. The number of carbonyl (C=O) groups excluding carboxylic acids is 1. The molecule has 0 bridgehead atoms. The number of hydrogen-bond acceptors (Lipinski definition) is 4. The third-order valence-electron chi connectivity index (χ3n) is 5.47. The van der Waals surface area contributed by atoms with Gasteiger partial charge in [-0.3, -0.25) is 9.00 Å². The van der Waals surface area contributed by atoms with Crippen molar-refractivity contribution < 1.29 is 18.5 Å². The molecular weight excluding hydrogens is 372 g/mol. The maximum absolute atomic E-state index is 13.6. The molecule has 140 valence electrons. The summed E-state index contributed by atoms with van der Waals surface area (Å²) in [6.45, 7) is 0. The maximum atomic E-state index is 13.6. The van der Waals surface area contributed by atoms with Gasteiger partial charge in [0.15, 0.2) is 5.60 Å². The van der Waals surface area contributed by atoms with Crippen LogP contribution in [0.1, 0.15) is 32.8 Å². The van der Waals surface area contributed by atoms with Gasteiger partial charge in [-0.2, -0.15) is 0 Å². The minimum Gasteiger partial charge on any atom is -0.497 e. The molecule has 3 aromatic carbocycles. The first-order valence-corrected chi connectivity index (χ1v) is 10.3. The van der Waals surface area contributed by atoms with Gasteiger partial charge in [0.05, 0.1) is 22.8 Å². The molecular formula is C23H18O4S. The average Bonchev–Trinajstić information content (AvgIpc) is 3.49. The Morgan fingerprint density at radius 1 is 0.893 bits per heavy atom. The predicted octanol–water partition coefficient (Wildman–Crippen LogP) is 4.25. The number of benzene rings is 3. The third-order valence-corrected chi connectivity index (χ3v) is 7.31. The summed E-state index contributed by atoms with van der Waals surface area (Å²) in [5.74, 6) is 0.638. The normalized spacial score (nSPS) is 28.0. The van der Waals surface area contributed by atoms with Gasteiger partial charge < -0.3 is 9.47 Å². The molecule has 5 rings (SSSR count). The van der Waals surface area contributed by atoms with Crippen LogP contribution in [0.5, 0.6) is 5.75 Å². The third kappa shape index (κ3) is 2.40. The minimum atomic E-state index is -1.40. The lowest BCUT2D eigenvalue weighted by atomic mass is 9.85. The van der Waals surface area contributed by atoms with Crippen molar-refractivity contribution in [1.82, 2.24) is 0 Å².